The molecule has 0 amide bonds. The van der Waals surface area contributed by atoms with Crippen molar-refractivity contribution in [3.05, 3.63) is 35.1 Å². The van der Waals surface area contributed by atoms with Crippen molar-refractivity contribution in [2.45, 2.75) is 32.2 Å². The van der Waals surface area contributed by atoms with Crippen molar-refractivity contribution in [2.24, 2.45) is 7.05 Å². The van der Waals surface area contributed by atoms with Gasteiger partial charge in [-0.05, 0) is 61.6 Å². The predicted molar refractivity (Wildman–Crippen MR) is 100 cm³/mol. The zero-order valence-corrected chi connectivity index (χ0v) is 15.5. The number of halogens is 1. The van der Waals surface area contributed by atoms with Crippen LogP contribution in [-0.2, 0) is 13.6 Å². The summed E-state index contributed by atoms with van der Waals surface area (Å²) in [6, 6.07) is 8.44. The van der Waals surface area contributed by atoms with E-state index in [1.807, 2.05) is 13.1 Å². The van der Waals surface area contributed by atoms with Crippen molar-refractivity contribution < 1.29 is 4.74 Å². The maximum atomic E-state index is 5.88. The average molecular weight is 364 g/mol. The molecule has 7 heteroatoms. The van der Waals surface area contributed by atoms with E-state index in [9.17, 15) is 0 Å². The molecule has 2 heterocycles. The number of anilines is 1. The summed E-state index contributed by atoms with van der Waals surface area (Å²) in [5.41, 5.74) is 1.33. The number of aryl methyl sites for hydroxylation is 1. The number of likely N-dealkylation sites (tertiary alicyclic amines) is 1. The van der Waals surface area contributed by atoms with Gasteiger partial charge in [-0.1, -0.05) is 18.6 Å². The topological polar surface area (TPSA) is 55.2 Å². The van der Waals surface area contributed by atoms with Crippen LogP contribution in [0.5, 0.6) is 5.75 Å². The Bertz CT molecular complexity index is 669. The van der Waals surface area contributed by atoms with Gasteiger partial charge in [-0.25, -0.2) is 4.68 Å². The summed E-state index contributed by atoms with van der Waals surface area (Å²) in [5.74, 6) is 1.62. The highest BCUT2D eigenvalue weighted by Gasteiger charge is 2.10. The summed E-state index contributed by atoms with van der Waals surface area (Å²) in [5, 5.41) is 7.45. The maximum absolute atomic E-state index is 5.88. The molecule has 1 fully saturated rings. The Kier molecular flexibility index (Phi) is 6.53. The van der Waals surface area contributed by atoms with E-state index in [2.05, 4.69) is 38.5 Å². The van der Waals surface area contributed by atoms with E-state index in [0.717, 1.165) is 25.3 Å². The molecule has 0 unspecified atom stereocenters. The van der Waals surface area contributed by atoms with E-state index in [1.165, 1.54) is 37.9 Å². The first-order valence-electron chi connectivity index (χ1n) is 8.95. The fourth-order valence-corrected chi connectivity index (χ4v) is 3.27. The van der Waals surface area contributed by atoms with Gasteiger partial charge in [-0.15, -0.1) is 5.10 Å². The predicted octanol–water partition coefficient (Wildman–Crippen LogP) is 3.34. The molecule has 1 aromatic carbocycles. The van der Waals surface area contributed by atoms with Crippen molar-refractivity contribution in [3.8, 4) is 5.75 Å². The molecule has 1 saturated heterocycles. The second kappa shape index (κ2) is 9.06. The van der Waals surface area contributed by atoms with Crippen LogP contribution in [0.2, 0.25) is 5.28 Å². The SMILES string of the molecule is Cn1nc(Cl)nc1NCCCOc1cccc(CN2CCCCC2)c1. The number of hydrogen-bond acceptors (Lipinski definition) is 5. The van der Waals surface area contributed by atoms with Crippen LogP contribution in [0.4, 0.5) is 5.95 Å². The minimum absolute atomic E-state index is 0.256. The second-order valence-electron chi connectivity index (χ2n) is 6.44. The highest BCUT2D eigenvalue weighted by Crippen LogP contribution is 2.17. The summed E-state index contributed by atoms with van der Waals surface area (Å²) in [7, 11) is 1.81. The van der Waals surface area contributed by atoms with Crippen molar-refractivity contribution in [1.82, 2.24) is 19.7 Å². The van der Waals surface area contributed by atoms with Gasteiger partial charge in [-0.2, -0.15) is 4.98 Å². The first-order valence-corrected chi connectivity index (χ1v) is 9.33. The van der Waals surface area contributed by atoms with Crippen LogP contribution in [0.3, 0.4) is 0 Å². The first kappa shape index (κ1) is 18.0. The van der Waals surface area contributed by atoms with Crippen molar-refractivity contribution >= 4 is 17.5 Å². The smallest absolute Gasteiger partial charge is 0.244 e. The van der Waals surface area contributed by atoms with Gasteiger partial charge in [0.15, 0.2) is 0 Å². The molecule has 0 saturated carbocycles. The van der Waals surface area contributed by atoms with Crippen molar-refractivity contribution in [2.75, 3.05) is 31.6 Å². The molecule has 0 atom stereocenters. The third kappa shape index (κ3) is 5.61. The summed E-state index contributed by atoms with van der Waals surface area (Å²) >= 11 is 5.76. The van der Waals surface area contributed by atoms with E-state index in [1.54, 1.807) is 4.68 Å². The fourth-order valence-electron chi connectivity index (χ4n) is 3.08. The molecule has 1 aliphatic heterocycles. The van der Waals surface area contributed by atoms with Crippen molar-refractivity contribution in [3.63, 3.8) is 0 Å². The minimum atomic E-state index is 0.256. The summed E-state index contributed by atoms with van der Waals surface area (Å²) in [6.07, 6.45) is 4.88. The van der Waals surface area contributed by atoms with Crippen LogP contribution in [0, 0.1) is 0 Å². The quantitative estimate of drug-likeness (QED) is 0.729. The Hall–Kier alpha value is -1.79. The molecular weight excluding hydrogens is 338 g/mol. The molecule has 1 aromatic heterocycles. The molecule has 1 aliphatic rings. The lowest BCUT2D eigenvalue weighted by Gasteiger charge is -2.26. The second-order valence-corrected chi connectivity index (χ2v) is 6.78. The van der Waals surface area contributed by atoms with E-state index in [-0.39, 0.29) is 5.28 Å². The summed E-state index contributed by atoms with van der Waals surface area (Å²) in [4.78, 5) is 6.62. The Balaban J connectivity index is 1.39. The summed E-state index contributed by atoms with van der Waals surface area (Å²) < 4.78 is 7.51. The highest BCUT2D eigenvalue weighted by atomic mass is 35.5. The number of nitrogens with one attached hydrogen (secondary N) is 1. The molecule has 0 spiro atoms. The molecule has 0 aliphatic carbocycles. The Labute approximate surface area is 154 Å². The van der Waals surface area contributed by atoms with Crippen molar-refractivity contribution in [1.29, 1.82) is 0 Å². The number of ether oxygens (including phenoxy) is 1. The lowest BCUT2D eigenvalue weighted by Crippen LogP contribution is -2.29. The van der Waals surface area contributed by atoms with Gasteiger partial charge in [0.2, 0.25) is 11.2 Å². The zero-order valence-electron chi connectivity index (χ0n) is 14.7. The van der Waals surface area contributed by atoms with E-state index >= 15 is 0 Å². The Morgan fingerprint density at radius 3 is 2.84 bits per heavy atom. The number of rotatable bonds is 8. The standard InChI is InChI=1S/C18H26ClN5O/c1-23-18(21-17(19)22-23)20-9-6-12-25-16-8-5-7-15(13-16)14-24-10-3-2-4-11-24/h5,7-8,13H,2-4,6,9-12,14H2,1H3,(H,20,21,22). The molecule has 6 nitrogen and oxygen atoms in total. The molecule has 2 aromatic rings. The largest absolute Gasteiger partial charge is 0.494 e. The third-order valence-electron chi connectivity index (χ3n) is 4.36. The molecule has 0 bridgehead atoms. The van der Waals surface area contributed by atoms with Gasteiger partial charge in [0, 0.05) is 20.1 Å². The molecule has 1 N–H and O–H groups in total. The van der Waals surface area contributed by atoms with Gasteiger partial charge in [0.05, 0.1) is 6.61 Å². The average Bonchev–Trinajstić information content (AvgIpc) is 2.93. The van der Waals surface area contributed by atoms with Crippen LogP contribution < -0.4 is 10.1 Å². The molecule has 3 rings (SSSR count). The number of aromatic nitrogens is 3. The molecule has 0 radical (unpaired) electrons. The van der Waals surface area contributed by atoms with Gasteiger partial charge in [0.25, 0.3) is 0 Å². The van der Waals surface area contributed by atoms with E-state index in [0.29, 0.717) is 12.6 Å². The minimum Gasteiger partial charge on any atom is -0.494 e. The Morgan fingerprint density at radius 2 is 2.08 bits per heavy atom. The monoisotopic (exact) mass is 363 g/mol. The lowest BCUT2D eigenvalue weighted by molar-refractivity contribution is 0.220. The normalized spacial score (nSPS) is 15.3. The lowest BCUT2D eigenvalue weighted by atomic mass is 10.1. The number of benzene rings is 1. The van der Waals surface area contributed by atoms with Crippen LogP contribution in [0.25, 0.3) is 0 Å². The fraction of sp³-hybridized carbons (Fsp3) is 0.556. The van der Waals surface area contributed by atoms with Crippen LogP contribution in [-0.4, -0.2) is 45.9 Å². The van der Waals surface area contributed by atoms with Crippen LogP contribution >= 0.6 is 11.6 Å². The molecule has 136 valence electrons. The van der Waals surface area contributed by atoms with Gasteiger partial charge < -0.3 is 10.1 Å². The van der Waals surface area contributed by atoms with Crippen LogP contribution in [0.1, 0.15) is 31.2 Å². The summed E-state index contributed by atoms with van der Waals surface area (Å²) in [6.45, 7) is 4.86. The number of hydrogen-bond donors (Lipinski definition) is 1. The zero-order chi connectivity index (χ0) is 17.5. The first-order chi connectivity index (χ1) is 12.2. The van der Waals surface area contributed by atoms with Gasteiger partial charge in [0.1, 0.15) is 5.75 Å². The number of nitrogens with zero attached hydrogens (tertiary/aromatic N) is 4. The Morgan fingerprint density at radius 1 is 1.24 bits per heavy atom. The molecule has 25 heavy (non-hydrogen) atoms. The van der Waals surface area contributed by atoms with Gasteiger partial charge in [-0.3, -0.25) is 4.90 Å². The highest BCUT2D eigenvalue weighted by molar-refractivity contribution is 6.28. The number of piperidine rings is 1. The van der Waals surface area contributed by atoms with Gasteiger partial charge >= 0.3 is 0 Å². The van der Waals surface area contributed by atoms with Crippen LogP contribution in [0.15, 0.2) is 24.3 Å². The molecular formula is C18H26ClN5O. The maximum Gasteiger partial charge on any atom is 0.244 e. The van der Waals surface area contributed by atoms with E-state index in [4.69, 9.17) is 16.3 Å². The van der Waals surface area contributed by atoms with E-state index < -0.39 is 0 Å². The third-order valence-corrected chi connectivity index (χ3v) is 4.52.